The standard InChI is InChI=1S/C15H24N2O4/c1-5-21-14-12(19-3)6-11(7-13(14)20-4)9-17-15(18)10(2)8-16/h6-7,10H,5,8-9,16H2,1-4H3,(H,17,18). The van der Waals surface area contributed by atoms with E-state index >= 15 is 0 Å². The number of amides is 1. The Morgan fingerprint density at radius 3 is 2.29 bits per heavy atom. The van der Waals surface area contributed by atoms with E-state index < -0.39 is 0 Å². The number of methoxy groups -OCH3 is 2. The zero-order valence-corrected chi connectivity index (χ0v) is 13.1. The van der Waals surface area contributed by atoms with Crippen LogP contribution in [0.3, 0.4) is 0 Å². The summed E-state index contributed by atoms with van der Waals surface area (Å²) in [4.78, 5) is 11.7. The zero-order valence-electron chi connectivity index (χ0n) is 13.1. The SMILES string of the molecule is CCOc1c(OC)cc(CNC(=O)C(C)CN)cc1OC. The van der Waals surface area contributed by atoms with E-state index in [1.807, 2.05) is 19.1 Å². The average Bonchev–Trinajstić information content (AvgIpc) is 2.52. The van der Waals surface area contributed by atoms with Crippen molar-refractivity contribution in [1.29, 1.82) is 0 Å². The van der Waals surface area contributed by atoms with Crippen LogP contribution in [0, 0.1) is 5.92 Å². The number of ether oxygens (including phenoxy) is 3. The molecule has 0 spiro atoms. The Kier molecular flexibility index (Phi) is 6.81. The van der Waals surface area contributed by atoms with Crippen LogP contribution in [0.4, 0.5) is 0 Å². The van der Waals surface area contributed by atoms with Gasteiger partial charge in [-0.2, -0.15) is 0 Å². The number of nitrogens with one attached hydrogen (secondary N) is 1. The number of hydrogen-bond donors (Lipinski definition) is 2. The number of carbonyl (C=O) groups is 1. The second-order valence-electron chi connectivity index (χ2n) is 4.62. The van der Waals surface area contributed by atoms with Crippen molar-refractivity contribution in [3.8, 4) is 17.2 Å². The van der Waals surface area contributed by atoms with Gasteiger partial charge in [0.1, 0.15) is 0 Å². The van der Waals surface area contributed by atoms with Crippen molar-refractivity contribution < 1.29 is 19.0 Å². The van der Waals surface area contributed by atoms with Gasteiger partial charge in [0.2, 0.25) is 11.7 Å². The third kappa shape index (κ3) is 4.53. The highest BCUT2D eigenvalue weighted by molar-refractivity contribution is 5.78. The van der Waals surface area contributed by atoms with Gasteiger partial charge in [-0.15, -0.1) is 0 Å². The fourth-order valence-electron chi connectivity index (χ4n) is 1.79. The molecule has 1 rings (SSSR count). The van der Waals surface area contributed by atoms with E-state index in [4.69, 9.17) is 19.9 Å². The first-order chi connectivity index (χ1) is 10.1. The largest absolute Gasteiger partial charge is 0.493 e. The Hall–Kier alpha value is -1.95. The summed E-state index contributed by atoms with van der Waals surface area (Å²) in [6.07, 6.45) is 0. The van der Waals surface area contributed by atoms with E-state index in [-0.39, 0.29) is 11.8 Å². The van der Waals surface area contributed by atoms with Gasteiger partial charge in [0, 0.05) is 19.0 Å². The van der Waals surface area contributed by atoms with Gasteiger partial charge in [0.05, 0.1) is 20.8 Å². The summed E-state index contributed by atoms with van der Waals surface area (Å²) in [6.45, 7) is 4.89. The lowest BCUT2D eigenvalue weighted by Crippen LogP contribution is -2.32. The third-order valence-electron chi connectivity index (χ3n) is 3.08. The average molecular weight is 296 g/mol. The molecule has 6 nitrogen and oxygen atoms in total. The highest BCUT2D eigenvalue weighted by atomic mass is 16.5. The monoisotopic (exact) mass is 296 g/mol. The van der Waals surface area contributed by atoms with Crippen LogP contribution < -0.4 is 25.3 Å². The summed E-state index contributed by atoms with van der Waals surface area (Å²) in [5, 5.41) is 2.83. The normalized spacial score (nSPS) is 11.7. The van der Waals surface area contributed by atoms with Gasteiger partial charge in [-0.1, -0.05) is 6.92 Å². The smallest absolute Gasteiger partial charge is 0.224 e. The lowest BCUT2D eigenvalue weighted by atomic mass is 10.1. The predicted octanol–water partition coefficient (Wildman–Crippen LogP) is 1.31. The molecule has 0 aliphatic rings. The van der Waals surface area contributed by atoms with E-state index in [2.05, 4.69) is 5.32 Å². The summed E-state index contributed by atoms with van der Waals surface area (Å²) in [5.41, 5.74) is 6.33. The molecular formula is C15H24N2O4. The molecule has 1 amide bonds. The van der Waals surface area contributed by atoms with Crippen molar-refractivity contribution in [2.24, 2.45) is 11.7 Å². The molecule has 0 aromatic heterocycles. The summed E-state index contributed by atoms with van der Waals surface area (Å²) in [7, 11) is 3.13. The first kappa shape index (κ1) is 17.1. The molecule has 0 fully saturated rings. The van der Waals surface area contributed by atoms with Gasteiger partial charge in [0.25, 0.3) is 0 Å². The quantitative estimate of drug-likeness (QED) is 0.756. The molecule has 0 aliphatic carbocycles. The van der Waals surface area contributed by atoms with Crippen LogP contribution in [0.2, 0.25) is 0 Å². The summed E-state index contributed by atoms with van der Waals surface area (Å²) in [5.74, 6) is 1.42. The van der Waals surface area contributed by atoms with Crippen LogP contribution in [-0.4, -0.2) is 33.3 Å². The van der Waals surface area contributed by atoms with Crippen LogP contribution >= 0.6 is 0 Å². The highest BCUT2D eigenvalue weighted by Gasteiger charge is 2.15. The highest BCUT2D eigenvalue weighted by Crippen LogP contribution is 2.38. The van der Waals surface area contributed by atoms with Gasteiger partial charge < -0.3 is 25.3 Å². The van der Waals surface area contributed by atoms with Gasteiger partial charge in [-0.25, -0.2) is 0 Å². The number of nitrogens with two attached hydrogens (primary N) is 1. The van der Waals surface area contributed by atoms with Gasteiger partial charge in [-0.3, -0.25) is 4.79 Å². The molecule has 21 heavy (non-hydrogen) atoms. The fourth-order valence-corrected chi connectivity index (χ4v) is 1.79. The molecule has 0 saturated carbocycles. The minimum Gasteiger partial charge on any atom is -0.493 e. The molecule has 3 N–H and O–H groups in total. The van der Waals surface area contributed by atoms with Crippen molar-refractivity contribution in [2.45, 2.75) is 20.4 Å². The van der Waals surface area contributed by atoms with Gasteiger partial charge in [-0.05, 0) is 24.6 Å². The minimum absolute atomic E-state index is 0.0793. The Morgan fingerprint density at radius 1 is 1.29 bits per heavy atom. The first-order valence-electron chi connectivity index (χ1n) is 6.92. The maximum atomic E-state index is 11.7. The van der Waals surface area contributed by atoms with E-state index in [9.17, 15) is 4.79 Å². The lowest BCUT2D eigenvalue weighted by Gasteiger charge is -2.16. The van der Waals surface area contributed by atoms with E-state index in [1.165, 1.54) is 0 Å². The minimum atomic E-state index is -0.212. The molecule has 1 unspecified atom stereocenters. The van der Waals surface area contributed by atoms with Crippen molar-refractivity contribution >= 4 is 5.91 Å². The molecule has 0 radical (unpaired) electrons. The first-order valence-corrected chi connectivity index (χ1v) is 6.92. The molecule has 0 aliphatic heterocycles. The number of carbonyl (C=O) groups excluding carboxylic acids is 1. The molecule has 6 heteroatoms. The molecule has 1 atom stereocenters. The predicted molar refractivity (Wildman–Crippen MR) is 80.8 cm³/mol. The number of benzene rings is 1. The zero-order chi connectivity index (χ0) is 15.8. The van der Waals surface area contributed by atoms with Crippen molar-refractivity contribution in [1.82, 2.24) is 5.32 Å². The summed E-state index contributed by atoms with van der Waals surface area (Å²) in [6, 6.07) is 3.64. The van der Waals surface area contributed by atoms with Crippen molar-refractivity contribution in [2.75, 3.05) is 27.4 Å². The molecular weight excluding hydrogens is 272 g/mol. The number of hydrogen-bond acceptors (Lipinski definition) is 5. The Morgan fingerprint density at radius 2 is 1.86 bits per heavy atom. The Balaban J connectivity index is 2.91. The second-order valence-corrected chi connectivity index (χ2v) is 4.62. The molecule has 1 aromatic rings. The summed E-state index contributed by atoms with van der Waals surface area (Å²) < 4.78 is 16.2. The molecule has 0 bridgehead atoms. The fraction of sp³-hybridized carbons (Fsp3) is 0.533. The third-order valence-corrected chi connectivity index (χ3v) is 3.08. The van der Waals surface area contributed by atoms with Crippen molar-refractivity contribution in [3.63, 3.8) is 0 Å². The topological polar surface area (TPSA) is 82.8 Å². The van der Waals surface area contributed by atoms with Crippen LogP contribution in [0.15, 0.2) is 12.1 Å². The van der Waals surface area contributed by atoms with Gasteiger partial charge >= 0.3 is 0 Å². The van der Waals surface area contributed by atoms with Crippen LogP contribution in [-0.2, 0) is 11.3 Å². The maximum absolute atomic E-state index is 11.7. The molecule has 0 heterocycles. The second kappa shape index (κ2) is 8.36. The van der Waals surface area contributed by atoms with E-state index in [0.29, 0.717) is 36.9 Å². The Bertz CT molecular complexity index is 452. The van der Waals surface area contributed by atoms with Crippen molar-refractivity contribution in [3.05, 3.63) is 17.7 Å². The number of rotatable bonds is 8. The van der Waals surface area contributed by atoms with Crippen LogP contribution in [0.1, 0.15) is 19.4 Å². The van der Waals surface area contributed by atoms with Crippen LogP contribution in [0.5, 0.6) is 17.2 Å². The van der Waals surface area contributed by atoms with E-state index in [1.54, 1.807) is 21.1 Å². The molecule has 0 saturated heterocycles. The summed E-state index contributed by atoms with van der Waals surface area (Å²) >= 11 is 0. The molecule has 118 valence electrons. The maximum Gasteiger partial charge on any atom is 0.224 e. The lowest BCUT2D eigenvalue weighted by molar-refractivity contribution is -0.124. The van der Waals surface area contributed by atoms with Gasteiger partial charge in [0.15, 0.2) is 11.5 Å². The molecule has 1 aromatic carbocycles. The Labute approximate surface area is 125 Å². The van der Waals surface area contributed by atoms with Crippen LogP contribution in [0.25, 0.3) is 0 Å². The van der Waals surface area contributed by atoms with E-state index in [0.717, 1.165) is 5.56 Å².